The Kier molecular flexibility index (Phi) is 10.7. The molecule has 0 aliphatic carbocycles. The fraction of sp³-hybridized carbons (Fsp3) is 0.696. The molecule has 0 amide bonds. The average molecular weight is 530 g/mol. The Morgan fingerprint density at radius 3 is 2.60 bits per heavy atom. The molecule has 2 saturated heterocycles. The molecule has 0 bridgehead atoms. The van der Waals surface area contributed by atoms with Crippen LogP contribution in [0.25, 0.3) is 0 Å². The molecular formula is C23H39IN4O2. The highest BCUT2D eigenvalue weighted by Gasteiger charge is 2.39. The van der Waals surface area contributed by atoms with Gasteiger partial charge in [0.25, 0.3) is 0 Å². The molecule has 7 heteroatoms. The molecule has 0 radical (unpaired) electrons. The monoisotopic (exact) mass is 530 g/mol. The minimum absolute atomic E-state index is 0. The van der Waals surface area contributed by atoms with Gasteiger partial charge < -0.3 is 20.1 Å². The minimum Gasteiger partial charge on any atom is -0.493 e. The molecule has 0 atom stereocenters. The van der Waals surface area contributed by atoms with Gasteiger partial charge in [0.05, 0.1) is 6.61 Å². The first-order chi connectivity index (χ1) is 14.2. The maximum absolute atomic E-state index is 5.95. The SMILES string of the molecule is CCCOc1cc(C)ccc1CNC(=NC)NCC1(N2CCCC2)CCOCC1.I. The summed E-state index contributed by atoms with van der Waals surface area (Å²) in [4.78, 5) is 7.13. The lowest BCUT2D eigenvalue weighted by Crippen LogP contribution is -2.58. The van der Waals surface area contributed by atoms with Gasteiger partial charge in [0.1, 0.15) is 5.75 Å². The summed E-state index contributed by atoms with van der Waals surface area (Å²) < 4.78 is 11.6. The van der Waals surface area contributed by atoms with Gasteiger partial charge in [0.2, 0.25) is 0 Å². The van der Waals surface area contributed by atoms with Crippen LogP contribution < -0.4 is 15.4 Å². The average Bonchev–Trinajstić information content (AvgIpc) is 3.30. The Morgan fingerprint density at radius 2 is 1.93 bits per heavy atom. The Morgan fingerprint density at radius 1 is 1.20 bits per heavy atom. The fourth-order valence-electron chi connectivity index (χ4n) is 4.35. The molecular weight excluding hydrogens is 491 g/mol. The maximum atomic E-state index is 5.95. The Bertz CT molecular complexity index is 671. The number of nitrogens with zero attached hydrogens (tertiary/aromatic N) is 2. The third kappa shape index (κ3) is 6.72. The normalized spacial score (nSPS) is 19.2. The fourth-order valence-corrected chi connectivity index (χ4v) is 4.35. The van der Waals surface area contributed by atoms with Crippen molar-refractivity contribution in [3.63, 3.8) is 0 Å². The summed E-state index contributed by atoms with van der Waals surface area (Å²) in [5, 5.41) is 7.08. The number of ether oxygens (including phenoxy) is 2. The van der Waals surface area contributed by atoms with Crippen LogP contribution in [0.3, 0.4) is 0 Å². The summed E-state index contributed by atoms with van der Waals surface area (Å²) >= 11 is 0. The first-order valence-electron chi connectivity index (χ1n) is 11.2. The van der Waals surface area contributed by atoms with Crippen LogP contribution in [0.15, 0.2) is 23.2 Å². The molecule has 0 saturated carbocycles. The molecule has 170 valence electrons. The predicted molar refractivity (Wildman–Crippen MR) is 134 cm³/mol. The summed E-state index contributed by atoms with van der Waals surface area (Å²) in [5.41, 5.74) is 2.56. The molecule has 6 nitrogen and oxygen atoms in total. The number of hydrogen-bond acceptors (Lipinski definition) is 4. The lowest BCUT2D eigenvalue weighted by atomic mass is 9.88. The molecule has 2 fully saturated rings. The van der Waals surface area contributed by atoms with Crippen LogP contribution in [0, 0.1) is 6.92 Å². The molecule has 3 rings (SSSR count). The predicted octanol–water partition coefficient (Wildman–Crippen LogP) is 3.71. The molecule has 2 aliphatic rings. The van der Waals surface area contributed by atoms with Crippen molar-refractivity contribution in [1.82, 2.24) is 15.5 Å². The highest BCUT2D eigenvalue weighted by molar-refractivity contribution is 14.0. The summed E-state index contributed by atoms with van der Waals surface area (Å²) in [6.45, 7) is 10.7. The largest absolute Gasteiger partial charge is 0.493 e. The van der Waals surface area contributed by atoms with E-state index in [0.29, 0.717) is 6.54 Å². The van der Waals surface area contributed by atoms with E-state index in [4.69, 9.17) is 9.47 Å². The van der Waals surface area contributed by atoms with Gasteiger partial charge in [-0.1, -0.05) is 19.1 Å². The quantitative estimate of drug-likeness (QED) is 0.305. The van der Waals surface area contributed by atoms with Crippen molar-refractivity contribution in [3.8, 4) is 5.75 Å². The Labute approximate surface area is 199 Å². The van der Waals surface area contributed by atoms with Crippen LogP contribution >= 0.6 is 24.0 Å². The third-order valence-corrected chi connectivity index (χ3v) is 6.14. The van der Waals surface area contributed by atoms with Crippen LogP contribution in [0.4, 0.5) is 0 Å². The van der Waals surface area contributed by atoms with Gasteiger partial charge in [0, 0.05) is 44.5 Å². The minimum atomic E-state index is 0. The number of rotatable bonds is 8. The van der Waals surface area contributed by atoms with Crippen molar-refractivity contribution >= 4 is 29.9 Å². The Hall–Kier alpha value is -1.06. The number of nitrogens with one attached hydrogen (secondary N) is 2. The molecule has 2 heterocycles. The molecule has 1 aromatic rings. The van der Waals surface area contributed by atoms with Crippen molar-refractivity contribution in [1.29, 1.82) is 0 Å². The van der Waals surface area contributed by atoms with E-state index in [1.165, 1.54) is 31.5 Å². The van der Waals surface area contributed by atoms with Gasteiger partial charge in [-0.25, -0.2) is 0 Å². The number of aliphatic imine (C=N–C) groups is 1. The van der Waals surface area contributed by atoms with E-state index < -0.39 is 0 Å². The van der Waals surface area contributed by atoms with E-state index >= 15 is 0 Å². The lowest BCUT2D eigenvalue weighted by Gasteiger charge is -2.45. The summed E-state index contributed by atoms with van der Waals surface area (Å²) in [5.74, 6) is 1.81. The van der Waals surface area contributed by atoms with E-state index in [-0.39, 0.29) is 29.5 Å². The number of aryl methyl sites for hydroxylation is 1. The molecule has 0 unspecified atom stereocenters. The second-order valence-electron chi connectivity index (χ2n) is 8.27. The number of hydrogen-bond donors (Lipinski definition) is 2. The summed E-state index contributed by atoms with van der Waals surface area (Å²) in [7, 11) is 1.84. The van der Waals surface area contributed by atoms with E-state index in [1.54, 1.807) is 0 Å². The number of guanidine groups is 1. The van der Waals surface area contributed by atoms with Gasteiger partial charge >= 0.3 is 0 Å². The van der Waals surface area contributed by atoms with Gasteiger partial charge in [-0.05, 0) is 63.7 Å². The zero-order valence-corrected chi connectivity index (χ0v) is 21.2. The second kappa shape index (κ2) is 12.7. The first-order valence-corrected chi connectivity index (χ1v) is 11.2. The van der Waals surface area contributed by atoms with Gasteiger partial charge in [0.15, 0.2) is 5.96 Å². The van der Waals surface area contributed by atoms with Crippen molar-refractivity contribution < 1.29 is 9.47 Å². The summed E-state index contributed by atoms with van der Waals surface area (Å²) in [6.07, 6.45) is 5.80. The van der Waals surface area contributed by atoms with E-state index in [9.17, 15) is 0 Å². The molecule has 0 aromatic heterocycles. The lowest BCUT2D eigenvalue weighted by molar-refractivity contribution is -0.0164. The van der Waals surface area contributed by atoms with Crippen LogP contribution in [-0.4, -0.2) is 62.9 Å². The van der Waals surface area contributed by atoms with Crippen molar-refractivity contribution in [2.24, 2.45) is 4.99 Å². The molecule has 2 N–H and O–H groups in total. The standard InChI is InChI=1S/C23H38N4O2.HI/c1-4-13-29-21-16-19(2)7-8-20(21)17-25-22(24-3)26-18-23(9-14-28-15-10-23)27-11-5-6-12-27;/h7-8,16H,4-6,9-15,17-18H2,1-3H3,(H2,24,25,26);1H. The molecule has 30 heavy (non-hydrogen) atoms. The smallest absolute Gasteiger partial charge is 0.191 e. The zero-order chi connectivity index (χ0) is 20.5. The van der Waals surface area contributed by atoms with Crippen LogP contribution in [-0.2, 0) is 11.3 Å². The van der Waals surface area contributed by atoms with E-state index in [0.717, 1.165) is 62.9 Å². The number of benzene rings is 1. The van der Waals surface area contributed by atoms with E-state index in [2.05, 4.69) is 52.6 Å². The van der Waals surface area contributed by atoms with Crippen molar-refractivity contribution in [2.45, 2.75) is 58.0 Å². The van der Waals surface area contributed by atoms with Crippen LogP contribution in [0.5, 0.6) is 5.75 Å². The van der Waals surface area contributed by atoms with Gasteiger partial charge in [-0.3, -0.25) is 9.89 Å². The highest BCUT2D eigenvalue weighted by atomic mass is 127. The Balaban J connectivity index is 0.00000320. The van der Waals surface area contributed by atoms with E-state index in [1.807, 2.05) is 7.05 Å². The van der Waals surface area contributed by atoms with Gasteiger partial charge in [-0.15, -0.1) is 24.0 Å². The zero-order valence-electron chi connectivity index (χ0n) is 18.8. The third-order valence-electron chi connectivity index (χ3n) is 6.14. The molecule has 2 aliphatic heterocycles. The second-order valence-corrected chi connectivity index (χ2v) is 8.27. The maximum Gasteiger partial charge on any atom is 0.191 e. The molecule has 0 spiro atoms. The summed E-state index contributed by atoms with van der Waals surface area (Å²) in [6, 6.07) is 6.40. The topological polar surface area (TPSA) is 58.1 Å². The van der Waals surface area contributed by atoms with Crippen molar-refractivity contribution in [2.75, 3.05) is 46.5 Å². The number of likely N-dealkylation sites (tertiary alicyclic amines) is 1. The van der Waals surface area contributed by atoms with Gasteiger partial charge in [-0.2, -0.15) is 0 Å². The highest BCUT2D eigenvalue weighted by Crippen LogP contribution is 2.30. The van der Waals surface area contributed by atoms with Crippen LogP contribution in [0.2, 0.25) is 0 Å². The first kappa shape index (κ1) is 25.2. The molecule has 1 aromatic carbocycles. The number of halogens is 1. The van der Waals surface area contributed by atoms with Crippen molar-refractivity contribution in [3.05, 3.63) is 29.3 Å². The van der Waals surface area contributed by atoms with Crippen LogP contribution in [0.1, 0.15) is 50.2 Å².